The Labute approximate surface area is 141 Å². The average Bonchev–Trinajstić information content (AvgIpc) is 3.05. The Balaban J connectivity index is 0.00000192. The second-order valence-corrected chi connectivity index (χ2v) is 5.65. The molecule has 1 amide bonds. The van der Waals surface area contributed by atoms with Crippen LogP contribution >= 0.6 is 12.4 Å². The number of halogens is 1. The van der Waals surface area contributed by atoms with Crippen molar-refractivity contribution < 1.29 is 9.32 Å². The maximum Gasteiger partial charge on any atom is 0.249 e. The number of amides is 1. The predicted octanol–water partition coefficient (Wildman–Crippen LogP) is 2.56. The summed E-state index contributed by atoms with van der Waals surface area (Å²) in [4.78, 5) is 18.5. The monoisotopic (exact) mass is 336 g/mol. The van der Waals surface area contributed by atoms with Gasteiger partial charge in [0.25, 0.3) is 0 Å². The van der Waals surface area contributed by atoms with Crippen molar-refractivity contribution in [2.24, 2.45) is 5.73 Å². The third-order valence-corrected chi connectivity index (χ3v) is 3.93. The first-order chi connectivity index (χ1) is 10.7. The number of benzene rings is 1. The Hall–Kier alpha value is -1.92. The summed E-state index contributed by atoms with van der Waals surface area (Å²) >= 11 is 0. The lowest BCUT2D eigenvalue weighted by atomic mass is 10.0. The summed E-state index contributed by atoms with van der Waals surface area (Å²) in [5.41, 5.74) is 6.65. The molecule has 3 rings (SSSR count). The van der Waals surface area contributed by atoms with E-state index >= 15 is 0 Å². The van der Waals surface area contributed by atoms with Crippen LogP contribution in [0, 0.1) is 0 Å². The number of carbonyl (C=O) groups is 1. The molecule has 1 aromatic heterocycles. The molecule has 0 saturated carbocycles. The Morgan fingerprint density at radius 3 is 2.78 bits per heavy atom. The number of nitrogens with zero attached hydrogens (tertiary/aromatic N) is 3. The normalized spacial score (nSPS) is 19.0. The van der Waals surface area contributed by atoms with Gasteiger partial charge < -0.3 is 15.2 Å². The molecule has 1 saturated heterocycles. The topological polar surface area (TPSA) is 85.3 Å². The molecule has 23 heavy (non-hydrogen) atoms. The van der Waals surface area contributed by atoms with Crippen LogP contribution in [0.3, 0.4) is 0 Å². The maximum atomic E-state index is 12.3. The Morgan fingerprint density at radius 2 is 2.09 bits per heavy atom. The fourth-order valence-electron chi connectivity index (χ4n) is 2.79. The Morgan fingerprint density at radius 1 is 1.35 bits per heavy atom. The zero-order chi connectivity index (χ0) is 15.5. The number of piperidine rings is 1. The van der Waals surface area contributed by atoms with Crippen molar-refractivity contribution in [3.8, 4) is 11.4 Å². The number of hydrogen-bond acceptors (Lipinski definition) is 5. The van der Waals surface area contributed by atoms with E-state index in [1.54, 1.807) is 11.8 Å². The number of likely N-dealkylation sites (tertiary alicyclic amines) is 1. The summed E-state index contributed by atoms with van der Waals surface area (Å²) in [6.45, 7) is 2.39. The van der Waals surface area contributed by atoms with E-state index in [0.717, 1.165) is 24.8 Å². The van der Waals surface area contributed by atoms with Gasteiger partial charge in [-0.2, -0.15) is 4.98 Å². The van der Waals surface area contributed by atoms with Crippen molar-refractivity contribution >= 4 is 18.3 Å². The predicted molar refractivity (Wildman–Crippen MR) is 88.9 cm³/mol. The molecule has 1 fully saturated rings. The molecular formula is C16H21ClN4O2. The van der Waals surface area contributed by atoms with Gasteiger partial charge in [-0.25, -0.2) is 0 Å². The number of aromatic nitrogens is 2. The number of nitrogens with two attached hydrogens (primary N) is 1. The fraction of sp³-hybridized carbons (Fsp3) is 0.438. The summed E-state index contributed by atoms with van der Waals surface area (Å²) < 4.78 is 5.42. The van der Waals surface area contributed by atoms with Crippen LogP contribution in [0.4, 0.5) is 0 Å². The third kappa shape index (κ3) is 3.71. The molecule has 0 spiro atoms. The molecule has 0 radical (unpaired) electrons. The van der Waals surface area contributed by atoms with Gasteiger partial charge in [0, 0.05) is 12.1 Å². The summed E-state index contributed by atoms with van der Waals surface area (Å²) in [5, 5.41) is 4.04. The molecule has 6 nitrogen and oxygen atoms in total. The summed E-state index contributed by atoms with van der Waals surface area (Å²) in [6.07, 6.45) is 2.85. The van der Waals surface area contributed by atoms with Gasteiger partial charge in [-0.15, -0.1) is 12.4 Å². The van der Waals surface area contributed by atoms with Gasteiger partial charge in [0.1, 0.15) is 6.04 Å². The Bertz CT molecular complexity index is 645. The van der Waals surface area contributed by atoms with Crippen molar-refractivity contribution in [1.82, 2.24) is 15.0 Å². The van der Waals surface area contributed by atoms with Crippen LogP contribution in [0.15, 0.2) is 34.9 Å². The second-order valence-electron chi connectivity index (χ2n) is 5.65. The van der Waals surface area contributed by atoms with E-state index in [4.69, 9.17) is 10.3 Å². The Kier molecular flexibility index (Phi) is 5.74. The van der Waals surface area contributed by atoms with Gasteiger partial charge in [-0.1, -0.05) is 35.5 Å². The summed E-state index contributed by atoms with van der Waals surface area (Å²) in [5.74, 6) is 0.978. The van der Waals surface area contributed by atoms with Gasteiger partial charge in [0.15, 0.2) is 0 Å². The lowest BCUT2D eigenvalue weighted by Crippen LogP contribution is -2.46. The van der Waals surface area contributed by atoms with Crippen molar-refractivity contribution in [2.45, 2.75) is 38.3 Å². The minimum atomic E-state index is -0.517. The van der Waals surface area contributed by atoms with E-state index in [0.29, 0.717) is 18.3 Å². The molecule has 2 atom stereocenters. The van der Waals surface area contributed by atoms with E-state index < -0.39 is 6.04 Å². The molecule has 2 heterocycles. The first-order valence-electron chi connectivity index (χ1n) is 7.62. The smallest absolute Gasteiger partial charge is 0.249 e. The molecule has 2 N–H and O–H groups in total. The lowest BCUT2D eigenvalue weighted by Gasteiger charge is -2.34. The first kappa shape index (κ1) is 17.4. The van der Waals surface area contributed by atoms with Crippen molar-refractivity contribution in [3.63, 3.8) is 0 Å². The molecule has 1 aliphatic heterocycles. The zero-order valence-electron chi connectivity index (χ0n) is 13.0. The average molecular weight is 337 g/mol. The SMILES string of the molecule is C[C@@H](N)C(=O)N1CCCCC1c1nc(-c2ccccc2)no1.Cl. The highest BCUT2D eigenvalue weighted by molar-refractivity contribution is 5.85. The molecule has 1 aliphatic rings. The van der Waals surface area contributed by atoms with Gasteiger partial charge >= 0.3 is 0 Å². The van der Waals surface area contributed by atoms with Crippen molar-refractivity contribution in [3.05, 3.63) is 36.2 Å². The van der Waals surface area contributed by atoms with Crippen LogP contribution in [0.5, 0.6) is 0 Å². The summed E-state index contributed by atoms with van der Waals surface area (Å²) in [6, 6.07) is 8.97. The lowest BCUT2D eigenvalue weighted by molar-refractivity contribution is -0.136. The van der Waals surface area contributed by atoms with Gasteiger partial charge in [0.2, 0.25) is 17.6 Å². The molecule has 7 heteroatoms. The highest BCUT2D eigenvalue weighted by Crippen LogP contribution is 2.31. The third-order valence-electron chi connectivity index (χ3n) is 3.93. The second kappa shape index (κ2) is 7.57. The highest BCUT2D eigenvalue weighted by Gasteiger charge is 2.33. The number of hydrogen-bond donors (Lipinski definition) is 1. The van der Waals surface area contributed by atoms with Gasteiger partial charge in [0.05, 0.1) is 6.04 Å². The molecular weight excluding hydrogens is 316 g/mol. The molecule has 1 unspecified atom stereocenters. The molecule has 0 aliphatic carbocycles. The van der Waals surface area contributed by atoms with Crippen LogP contribution in [-0.2, 0) is 4.79 Å². The van der Waals surface area contributed by atoms with Crippen LogP contribution in [0.1, 0.15) is 38.1 Å². The maximum absolute atomic E-state index is 12.3. The van der Waals surface area contributed by atoms with E-state index in [1.807, 2.05) is 30.3 Å². The van der Waals surface area contributed by atoms with E-state index in [2.05, 4.69) is 10.1 Å². The van der Waals surface area contributed by atoms with E-state index in [9.17, 15) is 4.79 Å². The quantitative estimate of drug-likeness (QED) is 0.931. The minimum Gasteiger partial charge on any atom is -0.337 e. The number of rotatable bonds is 3. The van der Waals surface area contributed by atoms with Crippen LogP contribution in [0.25, 0.3) is 11.4 Å². The largest absolute Gasteiger partial charge is 0.337 e. The standard InChI is InChI=1S/C16H20N4O2.ClH/c1-11(17)16(21)20-10-6-5-9-13(20)15-18-14(19-22-15)12-7-3-2-4-8-12;/h2-4,7-8,11,13H,5-6,9-10,17H2,1H3;1H/t11-,13?;/m1./s1. The molecule has 0 bridgehead atoms. The van der Waals surface area contributed by atoms with Crippen LogP contribution in [0.2, 0.25) is 0 Å². The molecule has 1 aromatic carbocycles. The van der Waals surface area contributed by atoms with Crippen LogP contribution in [-0.4, -0.2) is 33.5 Å². The summed E-state index contributed by atoms with van der Waals surface area (Å²) in [7, 11) is 0. The van der Waals surface area contributed by atoms with Gasteiger partial charge in [-0.3, -0.25) is 4.79 Å². The molecule has 2 aromatic rings. The zero-order valence-corrected chi connectivity index (χ0v) is 13.8. The van der Waals surface area contributed by atoms with Gasteiger partial charge in [-0.05, 0) is 26.2 Å². The minimum absolute atomic E-state index is 0. The van der Waals surface area contributed by atoms with E-state index in [-0.39, 0.29) is 24.4 Å². The first-order valence-corrected chi connectivity index (χ1v) is 7.62. The fourth-order valence-corrected chi connectivity index (χ4v) is 2.79. The van der Waals surface area contributed by atoms with Crippen molar-refractivity contribution in [1.29, 1.82) is 0 Å². The number of carbonyl (C=O) groups excluding carboxylic acids is 1. The molecule has 124 valence electrons. The van der Waals surface area contributed by atoms with Crippen molar-refractivity contribution in [2.75, 3.05) is 6.54 Å². The highest BCUT2D eigenvalue weighted by atomic mass is 35.5. The van der Waals surface area contributed by atoms with E-state index in [1.165, 1.54) is 0 Å². The van der Waals surface area contributed by atoms with Crippen LogP contribution < -0.4 is 5.73 Å².